The van der Waals surface area contributed by atoms with E-state index in [0.29, 0.717) is 13.0 Å². The molecule has 0 unspecified atom stereocenters. The Labute approximate surface area is 154 Å². The van der Waals surface area contributed by atoms with Crippen LogP contribution in [0.3, 0.4) is 0 Å². The van der Waals surface area contributed by atoms with E-state index < -0.39 is 0 Å². The van der Waals surface area contributed by atoms with Crippen LogP contribution in [0.4, 0.5) is 0 Å². The van der Waals surface area contributed by atoms with Crippen molar-refractivity contribution in [3.8, 4) is 0 Å². The molecule has 0 radical (unpaired) electrons. The van der Waals surface area contributed by atoms with Gasteiger partial charge < -0.3 is 4.90 Å². The Kier molecular flexibility index (Phi) is 5.66. The van der Waals surface area contributed by atoms with Crippen LogP contribution < -0.4 is 0 Å². The Bertz CT molecular complexity index is 813. The van der Waals surface area contributed by atoms with Crippen molar-refractivity contribution in [3.05, 3.63) is 73.3 Å². The summed E-state index contributed by atoms with van der Waals surface area (Å²) < 4.78 is 0.746. The summed E-state index contributed by atoms with van der Waals surface area (Å²) in [6.07, 6.45) is 1.14. The first-order chi connectivity index (χ1) is 11.6. The highest BCUT2D eigenvalue weighted by Crippen LogP contribution is 2.22. The first kappa shape index (κ1) is 17.1. The van der Waals surface area contributed by atoms with Gasteiger partial charge in [0, 0.05) is 23.7 Å². The second kappa shape index (κ2) is 7.92. The molecule has 1 amide bonds. The smallest absolute Gasteiger partial charge is 0.228 e. The van der Waals surface area contributed by atoms with Crippen LogP contribution in [0, 0.1) is 0 Å². The molecule has 0 fully saturated rings. The predicted octanol–water partition coefficient (Wildman–Crippen LogP) is 4.65. The summed E-state index contributed by atoms with van der Waals surface area (Å²) in [7, 11) is 1.81. The maximum Gasteiger partial charge on any atom is 0.228 e. The number of hydrogen-bond donors (Lipinski definition) is 0. The van der Waals surface area contributed by atoms with Crippen molar-refractivity contribution < 1.29 is 4.79 Å². The van der Waals surface area contributed by atoms with Gasteiger partial charge >= 0.3 is 0 Å². The van der Waals surface area contributed by atoms with Crippen LogP contribution in [0.25, 0.3) is 0 Å². The van der Waals surface area contributed by atoms with Crippen molar-refractivity contribution in [1.82, 2.24) is 9.88 Å². The molecule has 0 spiro atoms. The molecule has 3 aromatic rings. The quantitative estimate of drug-likeness (QED) is 0.627. The molecule has 0 aliphatic heterocycles. The second-order valence-corrected chi connectivity index (χ2v) is 8.27. The van der Waals surface area contributed by atoms with Gasteiger partial charge in [0.1, 0.15) is 0 Å². The fourth-order valence-electron chi connectivity index (χ4n) is 2.33. The molecule has 3 rings (SSSR count). The van der Waals surface area contributed by atoms with Crippen molar-refractivity contribution in [2.24, 2.45) is 0 Å². The van der Waals surface area contributed by atoms with E-state index in [1.807, 2.05) is 42.8 Å². The summed E-state index contributed by atoms with van der Waals surface area (Å²) in [5, 5.41) is 3.02. The van der Waals surface area contributed by atoms with Gasteiger partial charge in [-0.25, -0.2) is 4.98 Å². The van der Waals surface area contributed by atoms with Crippen LogP contribution in [0.1, 0.15) is 21.1 Å². The highest BCUT2D eigenvalue weighted by molar-refractivity contribution is 7.16. The minimum atomic E-state index is 0.0658. The molecule has 0 atom stereocenters. The van der Waals surface area contributed by atoms with Gasteiger partial charge in [0.2, 0.25) is 5.91 Å². The Morgan fingerprint density at radius 1 is 1.21 bits per heavy atom. The van der Waals surface area contributed by atoms with Crippen molar-refractivity contribution in [1.29, 1.82) is 0 Å². The summed E-state index contributed by atoms with van der Waals surface area (Å²) in [6.45, 7) is 0.581. The van der Waals surface area contributed by atoms with Crippen LogP contribution in [0.15, 0.2) is 47.8 Å². The maximum atomic E-state index is 12.4. The Morgan fingerprint density at radius 3 is 2.71 bits per heavy atom. The average Bonchev–Trinajstić information content (AvgIpc) is 3.17. The van der Waals surface area contributed by atoms with Crippen LogP contribution >= 0.6 is 34.3 Å². The number of rotatable bonds is 6. The Hall–Kier alpha value is -1.69. The van der Waals surface area contributed by atoms with E-state index in [1.165, 1.54) is 16.9 Å². The van der Waals surface area contributed by atoms with E-state index in [1.54, 1.807) is 16.2 Å². The van der Waals surface area contributed by atoms with Gasteiger partial charge in [-0.2, -0.15) is 0 Å². The van der Waals surface area contributed by atoms with Crippen LogP contribution in [-0.2, 0) is 24.2 Å². The molecule has 0 saturated heterocycles. The molecule has 0 bridgehead atoms. The van der Waals surface area contributed by atoms with Crippen molar-refractivity contribution in [3.63, 3.8) is 0 Å². The average molecular weight is 377 g/mol. The summed E-state index contributed by atoms with van der Waals surface area (Å²) in [4.78, 5) is 19.7. The number of likely N-dealkylation sites (N-methyl/N-ethyl adjacent to an activating group) is 1. The Balaban J connectivity index is 1.56. The highest BCUT2D eigenvalue weighted by Gasteiger charge is 2.13. The lowest BCUT2D eigenvalue weighted by Crippen LogP contribution is -2.27. The summed E-state index contributed by atoms with van der Waals surface area (Å²) >= 11 is 9.04. The summed E-state index contributed by atoms with van der Waals surface area (Å²) in [6, 6.07) is 14.1. The number of carbonyl (C=O) groups is 1. The molecule has 0 N–H and O–H groups in total. The van der Waals surface area contributed by atoms with Gasteiger partial charge in [0.05, 0.1) is 28.0 Å². The minimum Gasteiger partial charge on any atom is -0.340 e. The van der Waals surface area contributed by atoms with Crippen LogP contribution in [0.5, 0.6) is 0 Å². The fourth-order valence-corrected chi connectivity index (χ4v) is 4.30. The number of thiophene rings is 1. The Morgan fingerprint density at radius 2 is 2.00 bits per heavy atom. The number of carbonyl (C=O) groups excluding carboxylic acids is 1. The largest absolute Gasteiger partial charge is 0.340 e. The standard InChI is InChI=1S/C18H17ClN2OS2/c1-21(11-15-7-8-16(19)24-15)18(22)10-14-12-23-17(20-14)9-13-5-3-2-4-6-13/h2-8,12H,9-11H2,1H3. The number of amides is 1. The van der Waals surface area contributed by atoms with Crippen LogP contribution in [-0.4, -0.2) is 22.8 Å². The third-order valence-corrected chi connectivity index (χ3v) is 5.69. The molecule has 6 heteroatoms. The molecule has 2 heterocycles. The molecule has 1 aromatic carbocycles. The molecule has 24 heavy (non-hydrogen) atoms. The van der Waals surface area contributed by atoms with Crippen molar-refractivity contribution in [2.75, 3.05) is 7.05 Å². The summed E-state index contributed by atoms with van der Waals surface area (Å²) in [5.41, 5.74) is 2.07. The third-order valence-electron chi connectivity index (χ3n) is 3.58. The van der Waals surface area contributed by atoms with Gasteiger partial charge in [-0.1, -0.05) is 41.9 Å². The first-order valence-electron chi connectivity index (χ1n) is 7.55. The summed E-state index contributed by atoms with van der Waals surface area (Å²) in [5.74, 6) is 0.0658. The lowest BCUT2D eigenvalue weighted by atomic mass is 10.2. The van der Waals surface area contributed by atoms with E-state index in [9.17, 15) is 4.79 Å². The van der Waals surface area contributed by atoms with Gasteiger partial charge in [0.25, 0.3) is 0 Å². The van der Waals surface area contributed by atoms with Crippen molar-refractivity contribution >= 4 is 40.2 Å². The van der Waals surface area contributed by atoms with Crippen LogP contribution in [0.2, 0.25) is 4.34 Å². The maximum absolute atomic E-state index is 12.4. The number of halogens is 1. The van der Waals surface area contributed by atoms with E-state index in [-0.39, 0.29) is 5.91 Å². The van der Waals surface area contributed by atoms with Crippen molar-refractivity contribution in [2.45, 2.75) is 19.4 Å². The SMILES string of the molecule is CN(Cc1ccc(Cl)s1)C(=O)Cc1csc(Cc2ccccc2)n1. The van der Waals surface area contributed by atoms with Gasteiger partial charge in [-0.3, -0.25) is 4.79 Å². The molecule has 0 aliphatic carbocycles. The molecule has 3 nitrogen and oxygen atoms in total. The minimum absolute atomic E-state index is 0.0658. The highest BCUT2D eigenvalue weighted by atomic mass is 35.5. The lowest BCUT2D eigenvalue weighted by Gasteiger charge is -2.15. The number of aromatic nitrogens is 1. The van der Waals surface area contributed by atoms with E-state index in [4.69, 9.17) is 11.6 Å². The molecule has 124 valence electrons. The van der Waals surface area contributed by atoms with E-state index >= 15 is 0 Å². The topological polar surface area (TPSA) is 33.2 Å². The number of nitrogens with zero attached hydrogens (tertiary/aromatic N) is 2. The lowest BCUT2D eigenvalue weighted by molar-refractivity contribution is -0.129. The normalized spacial score (nSPS) is 10.8. The predicted molar refractivity (Wildman–Crippen MR) is 101 cm³/mol. The number of thiazole rings is 1. The molecular formula is C18H17ClN2OS2. The molecule has 0 saturated carbocycles. The molecule has 0 aliphatic rings. The zero-order valence-corrected chi connectivity index (χ0v) is 15.6. The van der Waals surface area contributed by atoms with E-state index in [0.717, 1.165) is 26.3 Å². The first-order valence-corrected chi connectivity index (χ1v) is 9.63. The molecule has 2 aromatic heterocycles. The molecular weight excluding hydrogens is 360 g/mol. The third kappa shape index (κ3) is 4.66. The zero-order chi connectivity index (χ0) is 16.9. The van der Waals surface area contributed by atoms with Gasteiger partial charge in [-0.05, 0) is 17.7 Å². The fraction of sp³-hybridized carbons (Fsp3) is 0.222. The number of hydrogen-bond acceptors (Lipinski definition) is 4. The second-order valence-electron chi connectivity index (χ2n) is 5.53. The monoisotopic (exact) mass is 376 g/mol. The van der Waals surface area contributed by atoms with Gasteiger partial charge in [-0.15, -0.1) is 22.7 Å². The van der Waals surface area contributed by atoms with Gasteiger partial charge in [0.15, 0.2) is 0 Å². The number of benzene rings is 1. The van der Waals surface area contributed by atoms with E-state index in [2.05, 4.69) is 17.1 Å². The zero-order valence-electron chi connectivity index (χ0n) is 13.2.